The van der Waals surface area contributed by atoms with Crippen LogP contribution in [-0.4, -0.2) is 64.5 Å². The van der Waals surface area contributed by atoms with Gasteiger partial charge in [-0.1, -0.05) is 0 Å². The van der Waals surface area contributed by atoms with Crippen LogP contribution in [0.25, 0.3) is 20.9 Å². The Morgan fingerprint density at radius 1 is 0.864 bits per heavy atom. The van der Waals surface area contributed by atoms with Crippen molar-refractivity contribution in [2.45, 2.75) is 23.5 Å². The number of carbonyl (C=O) groups is 2. The summed E-state index contributed by atoms with van der Waals surface area (Å²) in [6.07, 6.45) is 0.712. The van der Waals surface area contributed by atoms with Crippen molar-refractivity contribution in [1.29, 1.82) is 0 Å². The van der Waals surface area contributed by atoms with Gasteiger partial charge in [-0.25, -0.2) is 0 Å². The van der Waals surface area contributed by atoms with Crippen molar-refractivity contribution in [1.82, 2.24) is 0 Å². The zero-order chi connectivity index (χ0) is 16.5. The maximum atomic E-state index is 11.3. The average Bonchev–Trinajstić information content (AvgIpc) is 2.51. The average molecular weight is 442 g/mol. The second-order valence-electron chi connectivity index (χ2n) is 3.49. The van der Waals surface area contributed by atoms with Gasteiger partial charge >= 0.3 is 138 Å². The SMILES string of the molecule is [N-]=[N+]=NCCOC(=O)CC[Se][Se]CCC(=O)OCCN=[N+]=[N-]. The number of azide groups is 2. The normalized spacial score (nSPS) is 9.27. The number of hydrogen-bond acceptors (Lipinski definition) is 6. The number of nitrogens with zero attached hydrogens (tertiary/aromatic N) is 6. The van der Waals surface area contributed by atoms with Crippen LogP contribution in [0.2, 0.25) is 10.6 Å². The molecule has 0 saturated heterocycles. The van der Waals surface area contributed by atoms with Crippen LogP contribution >= 0.6 is 0 Å². The molecular formula is C10H16N6O4Se2. The molecule has 0 radical (unpaired) electrons. The predicted molar refractivity (Wildman–Crippen MR) is 80.3 cm³/mol. The molecular weight excluding hydrogens is 426 g/mol. The van der Waals surface area contributed by atoms with Gasteiger partial charge in [-0.15, -0.1) is 0 Å². The molecule has 10 nitrogen and oxygen atoms in total. The Kier molecular flexibility index (Phi) is 15.0. The second kappa shape index (κ2) is 16.0. The summed E-state index contributed by atoms with van der Waals surface area (Å²) in [5.41, 5.74) is 16.1. The van der Waals surface area contributed by atoms with E-state index in [2.05, 4.69) is 20.1 Å². The summed E-state index contributed by atoms with van der Waals surface area (Å²) in [7, 11) is 0. The van der Waals surface area contributed by atoms with Gasteiger partial charge in [0.25, 0.3) is 0 Å². The molecule has 0 rings (SSSR count). The molecule has 0 aromatic carbocycles. The molecule has 0 fully saturated rings. The predicted octanol–water partition coefficient (Wildman–Crippen LogP) is 1.63. The molecule has 122 valence electrons. The maximum absolute atomic E-state index is 11.3. The molecule has 0 aromatic rings. The van der Waals surface area contributed by atoms with Crippen molar-refractivity contribution in [3.8, 4) is 0 Å². The van der Waals surface area contributed by atoms with E-state index in [9.17, 15) is 9.59 Å². The van der Waals surface area contributed by atoms with Gasteiger partial charge in [0.05, 0.1) is 0 Å². The third kappa shape index (κ3) is 15.0. The van der Waals surface area contributed by atoms with Gasteiger partial charge in [0.1, 0.15) is 0 Å². The Balaban J connectivity index is 3.38. The minimum absolute atomic E-state index is 0.114. The number of ether oxygens (including phenoxy) is 2. The van der Waals surface area contributed by atoms with Crippen LogP contribution in [0.1, 0.15) is 12.8 Å². The Labute approximate surface area is 138 Å². The molecule has 0 aliphatic rings. The van der Waals surface area contributed by atoms with Crippen molar-refractivity contribution in [2.24, 2.45) is 10.2 Å². The van der Waals surface area contributed by atoms with Crippen molar-refractivity contribution < 1.29 is 19.1 Å². The summed E-state index contributed by atoms with van der Waals surface area (Å²) in [6, 6.07) is 0. The molecule has 0 saturated carbocycles. The molecule has 22 heavy (non-hydrogen) atoms. The standard InChI is InChI=1S/C10H16N6O4Se2/c11-15-13-3-5-19-9(17)1-7-21-22-8-2-10(18)20-6-4-14-16-12/h1-8H2. The van der Waals surface area contributed by atoms with Crippen LogP contribution < -0.4 is 0 Å². The number of rotatable bonds is 13. The molecule has 0 aromatic heterocycles. The molecule has 0 atom stereocenters. The number of carbonyl (C=O) groups excluding carboxylic acids is 2. The van der Waals surface area contributed by atoms with E-state index in [-0.39, 0.29) is 38.2 Å². The van der Waals surface area contributed by atoms with E-state index < -0.39 is 0 Å². The molecule has 12 heteroatoms. The summed E-state index contributed by atoms with van der Waals surface area (Å²) in [6.45, 7) is 0.531. The summed E-state index contributed by atoms with van der Waals surface area (Å²) in [4.78, 5) is 27.6. The van der Waals surface area contributed by atoms with Crippen LogP contribution in [-0.2, 0) is 19.1 Å². The molecule has 0 spiro atoms. The topological polar surface area (TPSA) is 150 Å². The Morgan fingerprint density at radius 2 is 1.27 bits per heavy atom. The molecule has 0 heterocycles. The fraction of sp³-hybridized carbons (Fsp3) is 0.800. The van der Waals surface area contributed by atoms with E-state index >= 15 is 0 Å². The first-order chi connectivity index (χ1) is 10.7. The van der Waals surface area contributed by atoms with Crippen LogP contribution in [0.15, 0.2) is 10.2 Å². The monoisotopic (exact) mass is 444 g/mol. The molecule has 0 bridgehead atoms. The van der Waals surface area contributed by atoms with Crippen LogP contribution in [0.3, 0.4) is 0 Å². The van der Waals surface area contributed by atoms with Gasteiger partial charge in [-0.3, -0.25) is 0 Å². The first-order valence-electron chi connectivity index (χ1n) is 6.28. The van der Waals surface area contributed by atoms with Crippen molar-refractivity contribution in [2.75, 3.05) is 26.3 Å². The van der Waals surface area contributed by atoms with Gasteiger partial charge in [-0.2, -0.15) is 0 Å². The number of esters is 2. The second-order valence-corrected chi connectivity index (χ2v) is 11.3. The molecule has 0 aliphatic carbocycles. The van der Waals surface area contributed by atoms with E-state index in [1.54, 1.807) is 0 Å². The third-order valence-corrected chi connectivity index (χ3v) is 9.25. The summed E-state index contributed by atoms with van der Waals surface area (Å²) in [5, 5.41) is 8.07. The van der Waals surface area contributed by atoms with E-state index in [1.165, 1.54) is 0 Å². The number of hydrogen-bond donors (Lipinski definition) is 0. The fourth-order valence-electron chi connectivity index (χ4n) is 1.00. The van der Waals surface area contributed by atoms with Crippen molar-refractivity contribution in [3.63, 3.8) is 0 Å². The van der Waals surface area contributed by atoms with Gasteiger partial charge in [0.15, 0.2) is 0 Å². The van der Waals surface area contributed by atoms with Gasteiger partial charge in [0.2, 0.25) is 0 Å². The Bertz CT molecular complexity index is 397. The molecule has 0 unspecified atom stereocenters. The quantitative estimate of drug-likeness (QED) is 0.106. The summed E-state index contributed by atoms with van der Waals surface area (Å²) >= 11 is 0.671. The van der Waals surface area contributed by atoms with Crippen LogP contribution in [0.5, 0.6) is 0 Å². The zero-order valence-electron chi connectivity index (χ0n) is 11.8. The van der Waals surface area contributed by atoms with E-state index in [4.69, 9.17) is 20.5 Å². The Morgan fingerprint density at radius 3 is 1.64 bits per heavy atom. The summed E-state index contributed by atoms with van der Waals surface area (Å²) < 4.78 is 9.72. The zero-order valence-corrected chi connectivity index (χ0v) is 15.2. The molecule has 0 N–H and O–H groups in total. The van der Waals surface area contributed by atoms with E-state index in [0.29, 0.717) is 39.1 Å². The van der Waals surface area contributed by atoms with Gasteiger partial charge in [-0.05, 0) is 0 Å². The van der Waals surface area contributed by atoms with Gasteiger partial charge in [0, 0.05) is 0 Å². The first kappa shape index (κ1) is 20.6. The summed E-state index contributed by atoms with van der Waals surface area (Å²) in [5.74, 6) is -0.577. The molecule has 0 amide bonds. The van der Waals surface area contributed by atoms with E-state index in [1.807, 2.05) is 0 Å². The van der Waals surface area contributed by atoms with Gasteiger partial charge < -0.3 is 0 Å². The molecule has 0 aliphatic heterocycles. The van der Waals surface area contributed by atoms with Crippen molar-refractivity contribution in [3.05, 3.63) is 20.9 Å². The van der Waals surface area contributed by atoms with Crippen molar-refractivity contribution >= 4 is 38.2 Å². The Hall–Kier alpha value is -1.40. The fourth-order valence-corrected chi connectivity index (χ4v) is 6.93. The first-order valence-corrected chi connectivity index (χ1v) is 13.0. The van der Waals surface area contributed by atoms with E-state index in [0.717, 1.165) is 10.6 Å². The van der Waals surface area contributed by atoms with Crippen LogP contribution in [0.4, 0.5) is 0 Å². The minimum atomic E-state index is -0.289. The third-order valence-electron chi connectivity index (χ3n) is 1.90. The van der Waals surface area contributed by atoms with Crippen LogP contribution in [0, 0.1) is 0 Å².